The maximum absolute atomic E-state index is 13.3. The summed E-state index contributed by atoms with van der Waals surface area (Å²) in [6.45, 7) is 0.234. The number of halogens is 1. The molecule has 37 heavy (non-hydrogen) atoms. The van der Waals surface area contributed by atoms with Crippen molar-refractivity contribution >= 4 is 40.0 Å². The number of nitrogens with zero attached hydrogens (tertiary/aromatic N) is 2. The van der Waals surface area contributed by atoms with Gasteiger partial charge in [0.05, 0.1) is 10.9 Å². The second-order valence-corrected chi connectivity index (χ2v) is 8.99. The fourth-order valence-corrected chi connectivity index (χ4v) is 4.27. The van der Waals surface area contributed by atoms with Crippen molar-refractivity contribution in [2.45, 2.75) is 38.9 Å². The molecule has 0 aliphatic carbocycles. The third kappa shape index (κ3) is 6.54. The van der Waals surface area contributed by atoms with Crippen molar-refractivity contribution in [2.24, 2.45) is 0 Å². The normalized spacial score (nSPS) is 10.8. The highest BCUT2D eigenvalue weighted by Crippen LogP contribution is 2.14. The quantitative estimate of drug-likeness (QED) is 0.310. The first-order valence-electron chi connectivity index (χ1n) is 12.0. The summed E-state index contributed by atoms with van der Waals surface area (Å²) in [7, 11) is 0. The van der Waals surface area contributed by atoms with Crippen LogP contribution in [0.4, 0.5) is 5.69 Å². The Morgan fingerprint density at radius 2 is 1.49 bits per heavy atom. The number of carbonyl (C=O) groups is 2. The van der Waals surface area contributed by atoms with Crippen LogP contribution in [0, 0.1) is 0 Å². The summed E-state index contributed by atoms with van der Waals surface area (Å²) in [5.41, 5.74) is 0.873. The van der Waals surface area contributed by atoms with E-state index in [2.05, 4.69) is 10.6 Å². The van der Waals surface area contributed by atoms with Gasteiger partial charge in [-0.15, -0.1) is 0 Å². The Bertz CT molecular complexity index is 1530. The number of unbranched alkanes of at least 4 members (excludes halogenated alkanes) is 1. The van der Waals surface area contributed by atoms with E-state index < -0.39 is 11.2 Å². The number of nitrogens with one attached hydrogen (secondary N) is 2. The standard InChI is InChI=1S/C28H27ClN4O4/c29-23-14-6-4-10-20(23)18-30-25(34)16-8-9-17-32-27(36)22-13-5-7-15-24(22)33(28(32)37)19-26(35)31-21-11-2-1-3-12-21/h1-7,10-15H,8-9,16-19H2,(H,30,34)(H,31,35). The minimum absolute atomic E-state index is 0.138. The molecule has 8 nitrogen and oxygen atoms in total. The second-order valence-electron chi connectivity index (χ2n) is 8.58. The number of para-hydroxylation sites is 2. The summed E-state index contributed by atoms with van der Waals surface area (Å²) in [6, 6.07) is 23.0. The molecule has 0 spiro atoms. The number of amides is 2. The summed E-state index contributed by atoms with van der Waals surface area (Å²) in [5.74, 6) is -0.514. The van der Waals surface area contributed by atoms with Gasteiger partial charge in [0.2, 0.25) is 11.8 Å². The van der Waals surface area contributed by atoms with Crippen LogP contribution in [0.3, 0.4) is 0 Å². The number of anilines is 1. The number of hydrogen-bond donors (Lipinski definition) is 2. The first-order valence-corrected chi connectivity index (χ1v) is 12.4. The molecule has 1 heterocycles. The maximum atomic E-state index is 13.3. The van der Waals surface area contributed by atoms with Crippen molar-refractivity contribution in [3.05, 3.63) is 110 Å². The zero-order valence-corrected chi connectivity index (χ0v) is 20.9. The van der Waals surface area contributed by atoms with E-state index in [1.54, 1.807) is 54.6 Å². The van der Waals surface area contributed by atoms with Crippen LogP contribution in [0.2, 0.25) is 5.02 Å². The molecule has 0 aliphatic rings. The molecule has 4 rings (SSSR count). The minimum Gasteiger partial charge on any atom is -0.352 e. The van der Waals surface area contributed by atoms with Gasteiger partial charge in [-0.05, 0) is 48.7 Å². The van der Waals surface area contributed by atoms with Crippen LogP contribution in [-0.4, -0.2) is 20.9 Å². The van der Waals surface area contributed by atoms with E-state index in [-0.39, 0.29) is 31.3 Å². The first kappa shape index (κ1) is 25.9. The zero-order valence-electron chi connectivity index (χ0n) is 20.2. The number of carbonyl (C=O) groups excluding carboxylic acids is 2. The number of fused-ring (bicyclic) bond motifs is 1. The summed E-state index contributed by atoms with van der Waals surface area (Å²) < 4.78 is 2.45. The van der Waals surface area contributed by atoms with Gasteiger partial charge in [-0.2, -0.15) is 0 Å². The van der Waals surface area contributed by atoms with Gasteiger partial charge in [0.15, 0.2) is 0 Å². The van der Waals surface area contributed by atoms with Crippen molar-refractivity contribution in [1.82, 2.24) is 14.5 Å². The molecular weight excluding hydrogens is 492 g/mol. The Labute approximate surface area is 218 Å². The molecule has 1 aromatic heterocycles. The molecule has 2 amide bonds. The molecule has 0 radical (unpaired) electrons. The highest BCUT2D eigenvalue weighted by atomic mass is 35.5. The molecule has 0 fully saturated rings. The van der Waals surface area contributed by atoms with Crippen molar-refractivity contribution in [1.29, 1.82) is 0 Å². The van der Waals surface area contributed by atoms with Gasteiger partial charge in [-0.25, -0.2) is 4.79 Å². The van der Waals surface area contributed by atoms with Crippen LogP contribution in [0.5, 0.6) is 0 Å². The maximum Gasteiger partial charge on any atom is 0.331 e. The smallest absolute Gasteiger partial charge is 0.331 e. The zero-order chi connectivity index (χ0) is 26.2. The second kappa shape index (κ2) is 12.2. The van der Waals surface area contributed by atoms with Gasteiger partial charge >= 0.3 is 5.69 Å². The number of rotatable bonds is 10. The number of aromatic nitrogens is 2. The molecular formula is C28H27ClN4O4. The fraction of sp³-hybridized carbons (Fsp3) is 0.214. The van der Waals surface area contributed by atoms with Crippen LogP contribution in [0.25, 0.3) is 10.9 Å². The fourth-order valence-electron chi connectivity index (χ4n) is 4.07. The molecule has 0 bridgehead atoms. The average Bonchev–Trinajstić information content (AvgIpc) is 2.90. The molecule has 0 saturated carbocycles. The Kier molecular flexibility index (Phi) is 8.53. The van der Waals surface area contributed by atoms with Gasteiger partial charge in [0.1, 0.15) is 6.54 Å². The average molecular weight is 519 g/mol. The van der Waals surface area contributed by atoms with E-state index >= 15 is 0 Å². The topological polar surface area (TPSA) is 102 Å². The Morgan fingerprint density at radius 1 is 0.784 bits per heavy atom. The van der Waals surface area contributed by atoms with Crippen molar-refractivity contribution in [2.75, 3.05) is 5.32 Å². The highest BCUT2D eigenvalue weighted by molar-refractivity contribution is 6.31. The van der Waals surface area contributed by atoms with Crippen molar-refractivity contribution in [3.8, 4) is 0 Å². The Morgan fingerprint density at radius 3 is 2.27 bits per heavy atom. The molecule has 0 saturated heterocycles. The summed E-state index contributed by atoms with van der Waals surface area (Å²) in [6.07, 6.45) is 1.19. The third-order valence-electron chi connectivity index (χ3n) is 5.96. The molecule has 0 unspecified atom stereocenters. The van der Waals surface area contributed by atoms with Crippen LogP contribution >= 0.6 is 11.6 Å². The van der Waals surface area contributed by atoms with E-state index in [1.807, 2.05) is 24.3 Å². The Hall–Kier alpha value is -4.17. The van der Waals surface area contributed by atoms with E-state index in [0.717, 1.165) is 10.1 Å². The van der Waals surface area contributed by atoms with E-state index in [4.69, 9.17) is 11.6 Å². The van der Waals surface area contributed by atoms with Crippen LogP contribution in [0.15, 0.2) is 88.5 Å². The van der Waals surface area contributed by atoms with Gasteiger partial charge < -0.3 is 10.6 Å². The lowest BCUT2D eigenvalue weighted by molar-refractivity contribution is -0.121. The summed E-state index contributed by atoms with van der Waals surface area (Å²) >= 11 is 6.12. The lowest BCUT2D eigenvalue weighted by atomic mass is 10.2. The summed E-state index contributed by atoms with van der Waals surface area (Å²) in [4.78, 5) is 51.2. The minimum atomic E-state index is -0.560. The summed E-state index contributed by atoms with van der Waals surface area (Å²) in [5, 5.41) is 6.55. The lowest BCUT2D eigenvalue weighted by Crippen LogP contribution is -2.41. The molecule has 3 aromatic carbocycles. The van der Waals surface area contributed by atoms with Crippen molar-refractivity contribution < 1.29 is 9.59 Å². The van der Waals surface area contributed by atoms with Crippen LogP contribution < -0.4 is 21.9 Å². The molecule has 190 valence electrons. The van der Waals surface area contributed by atoms with E-state index in [1.165, 1.54) is 4.57 Å². The third-order valence-corrected chi connectivity index (χ3v) is 6.33. The Balaban J connectivity index is 1.42. The lowest BCUT2D eigenvalue weighted by Gasteiger charge is -2.14. The molecule has 0 aliphatic heterocycles. The largest absolute Gasteiger partial charge is 0.352 e. The van der Waals surface area contributed by atoms with Gasteiger partial charge in [0.25, 0.3) is 5.56 Å². The number of benzene rings is 3. The van der Waals surface area contributed by atoms with Gasteiger partial charge in [-0.1, -0.05) is 60.1 Å². The predicted octanol–water partition coefficient (Wildman–Crippen LogP) is 3.94. The molecule has 9 heteroatoms. The van der Waals surface area contributed by atoms with Crippen molar-refractivity contribution in [3.63, 3.8) is 0 Å². The first-order chi connectivity index (χ1) is 17.9. The van der Waals surface area contributed by atoms with Crippen LogP contribution in [-0.2, 0) is 29.2 Å². The highest BCUT2D eigenvalue weighted by Gasteiger charge is 2.15. The predicted molar refractivity (Wildman–Crippen MR) is 145 cm³/mol. The molecule has 4 aromatic rings. The monoisotopic (exact) mass is 518 g/mol. The van der Waals surface area contributed by atoms with Crippen LogP contribution in [0.1, 0.15) is 24.8 Å². The van der Waals surface area contributed by atoms with Gasteiger partial charge in [-0.3, -0.25) is 23.5 Å². The van der Waals surface area contributed by atoms with E-state index in [0.29, 0.717) is 41.0 Å². The SMILES string of the molecule is O=C(CCCCn1c(=O)c2ccccc2n(CC(=O)Nc2ccccc2)c1=O)NCc1ccccc1Cl. The number of hydrogen-bond acceptors (Lipinski definition) is 4. The molecule has 0 atom stereocenters. The van der Waals surface area contributed by atoms with Gasteiger partial charge in [0, 0.05) is 30.2 Å². The molecule has 2 N–H and O–H groups in total. The van der Waals surface area contributed by atoms with E-state index in [9.17, 15) is 19.2 Å².